The fourth-order valence-corrected chi connectivity index (χ4v) is 6.15. The molecule has 0 heterocycles. The molecule has 1 heteroatoms. The Hall–Kier alpha value is 0.0187. The Balaban J connectivity index is 3.44. The summed E-state index contributed by atoms with van der Waals surface area (Å²) >= 11 is 0.632. The molecule has 1 aromatic carbocycles. The SMILES string of the molecule is Cc1c[c]([SnH3])c(C(C)C)c(C)c1C. The van der Waals surface area contributed by atoms with Crippen molar-refractivity contribution in [3.63, 3.8) is 0 Å². The van der Waals surface area contributed by atoms with E-state index >= 15 is 0 Å². The van der Waals surface area contributed by atoms with E-state index in [9.17, 15) is 0 Å². The first kappa shape index (κ1) is 11.1. The molecular weight excluding hydrogens is 263 g/mol. The second-order valence-corrected chi connectivity index (χ2v) is 7.40. The predicted molar refractivity (Wildman–Crippen MR) is 64.3 cm³/mol. The van der Waals surface area contributed by atoms with E-state index in [2.05, 4.69) is 40.7 Å². The van der Waals surface area contributed by atoms with Crippen LogP contribution in [0.2, 0.25) is 0 Å². The summed E-state index contributed by atoms with van der Waals surface area (Å²) in [5.41, 5.74) is 6.11. The van der Waals surface area contributed by atoms with Crippen molar-refractivity contribution in [2.75, 3.05) is 0 Å². The number of hydrogen-bond donors (Lipinski definition) is 0. The quantitative estimate of drug-likeness (QED) is 0.688. The molecule has 0 amide bonds. The van der Waals surface area contributed by atoms with Crippen LogP contribution < -0.4 is 3.58 Å². The molecule has 0 aliphatic heterocycles. The average molecular weight is 283 g/mol. The zero-order chi connectivity index (χ0) is 10.2. The molecule has 0 N–H and O–H groups in total. The summed E-state index contributed by atoms with van der Waals surface area (Å²) in [6.45, 7) is 11.3. The molecule has 72 valence electrons. The molecule has 0 aliphatic carbocycles. The number of benzene rings is 1. The zero-order valence-corrected chi connectivity index (χ0v) is 15.4. The van der Waals surface area contributed by atoms with E-state index in [-0.39, 0.29) is 0 Å². The van der Waals surface area contributed by atoms with Gasteiger partial charge in [0.25, 0.3) is 0 Å². The molecule has 0 bridgehead atoms. The first-order chi connectivity index (χ1) is 5.95. The Morgan fingerprint density at radius 2 is 1.62 bits per heavy atom. The Bertz CT molecular complexity index is 324. The van der Waals surface area contributed by atoms with Gasteiger partial charge in [0.05, 0.1) is 0 Å². The summed E-state index contributed by atoms with van der Waals surface area (Å²) in [7, 11) is 0. The van der Waals surface area contributed by atoms with Crippen molar-refractivity contribution >= 4 is 26.1 Å². The molecule has 1 rings (SSSR count). The Morgan fingerprint density at radius 1 is 1.08 bits per heavy atom. The second-order valence-electron chi connectivity index (χ2n) is 4.33. The molecule has 0 saturated heterocycles. The summed E-state index contributed by atoms with van der Waals surface area (Å²) in [6, 6.07) is 2.40. The third kappa shape index (κ3) is 2.09. The van der Waals surface area contributed by atoms with Gasteiger partial charge in [0.2, 0.25) is 0 Å². The van der Waals surface area contributed by atoms with Crippen LogP contribution in [0.25, 0.3) is 0 Å². The third-order valence-electron chi connectivity index (χ3n) is 2.99. The standard InChI is InChI=1S/C12H17.Sn.3H/c1-8(2)12-7-6-9(3)10(4)11(12)5;;;;/h6,8H,1-5H3;;;;. The number of rotatable bonds is 1. The van der Waals surface area contributed by atoms with Crippen LogP contribution in [-0.2, 0) is 0 Å². The van der Waals surface area contributed by atoms with E-state index in [1.165, 1.54) is 16.7 Å². The second kappa shape index (κ2) is 4.03. The van der Waals surface area contributed by atoms with Crippen LogP contribution in [0.1, 0.15) is 42.0 Å². The van der Waals surface area contributed by atoms with Crippen LogP contribution in [-0.4, -0.2) is 22.5 Å². The maximum atomic E-state index is 2.40. The van der Waals surface area contributed by atoms with Gasteiger partial charge in [-0.2, -0.15) is 0 Å². The molecule has 13 heavy (non-hydrogen) atoms. The van der Waals surface area contributed by atoms with Gasteiger partial charge in [0.15, 0.2) is 0 Å². The van der Waals surface area contributed by atoms with Gasteiger partial charge in [-0.25, -0.2) is 0 Å². The summed E-state index contributed by atoms with van der Waals surface area (Å²) in [4.78, 5) is 0. The van der Waals surface area contributed by atoms with E-state index in [1.807, 2.05) is 0 Å². The Kier molecular flexibility index (Phi) is 3.44. The topological polar surface area (TPSA) is 0 Å². The molecule has 0 unspecified atom stereocenters. The molecule has 0 aromatic heterocycles. The molecule has 0 fully saturated rings. The monoisotopic (exact) mass is 284 g/mol. The van der Waals surface area contributed by atoms with Gasteiger partial charge in [0, 0.05) is 0 Å². The van der Waals surface area contributed by atoms with Crippen molar-refractivity contribution in [3.05, 3.63) is 28.3 Å². The average Bonchev–Trinajstić information content (AvgIpc) is 1.99. The summed E-state index contributed by atoms with van der Waals surface area (Å²) in [5, 5.41) is 0. The van der Waals surface area contributed by atoms with E-state index in [0.717, 1.165) is 0 Å². The minimum absolute atomic E-state index is 0.632. The van der Waals surface area contributed by atoms with Gasteiger partial charge in [-0.05, 0) is 0 Å². The molecule has 0 radical (unpaired) electrons. The molecule has 1 aromatic rings. The Labute approximate surface area is 94.8 Å². The van der Waals surface area contributed by atoms with Crippen LogP contribution >= 0.6 is 0 Å². The fraction of sp³-hybridized carbons (Fsp3) is 0.500. The van der Waals surface area contributed by atoms with Crippen molar-refractivity contribution < 1.29 is 0 Å². The minimum atomic E-state index is 0.632. The summed E-state index contributed by atoms with van der Waals surface area (Å²) < 4.78 is 1.65. The first-order valence-corrected chi connectivity index (χ1v) is 7.87. The van der Waals surface area contributed by atoms with Gasteiger partial charge in [-0.3, -0.25) is 0 Å². The number of aryl methyl sites for hydroxylation is 1. The van der Waals surface area contributed by atoms with Gasteiger partial charge in [-0.15, -0.1) is 0 Å². The number of hydrogen-bond acceptors (Lipinski definition) is 0. The van der Waals surface area contributed by atoms with Crippen molar-refractivity contribution in [1.82, 2.24) is 0 Å². The Morgan fingerprint density at radius 3 is 2.08 bits per heavy atom. The zero-order valence-electron chi connectivity index (χ0n) is 9.65. The summed E-state index contributed by atoms with van der Waals surface area (Å²) in [6.07, 6.45) is 0. The van der Waals surface area contributed by atoms with E-state index in [4.69, 9.17) is 0 Å². The van der Waals surface area contributed by atoms with Gasteiger partial charge in [-0.1, -0.05) is 0 Å². The molecule has 0 aliphatic rings. The maximum absolute atomic E-state index is 2.40. The fourth-order valence-electron chi connectivity index (χ4n) is 2.19. The van der Waals surface area contributed by atoms with Crippen molar-refractivity contribution in [1.29, 1.82) is 0 Å². The molecule has 0 atom stereocenters. The first-order valence-electron chi connectivity index (χ1n) is 5.02. The normalized spacial score (nSPS) is 11.2. The van der Waals surface area contributed by atoms with E-state index < -0.39 is 0 Å². The van der Waals surface area contributed by atoms with Crippen LogP contribution in [0.3, 0.4) is 0 Å². The predicted octanol–water partition coefficient (Wildman–Crippen LogP) is 1.73. The van der Waals surface area contributed by atoms with Crippen LogP contribution in [0.15, 0.2) is 6.07 Å². The molecule has 0 spiro atoms. The van der Waals surface area contributed by atoms with Crippen molar-refractivity contribution in [2.45, 2.75) is 40.5 Å². The third-order valence-corrected chi connectivity index (χ3v) is 5.35. The molecular formula is C12H20Sn. The van der Waals surface area contributed by atoms with E-state index in [1.54, 1.807) is 9.14 Å². The molecule has 0 nitrogen and oxygen atoms in total. The van der Waals surface area contributed by atoms with Crippen LogP contribution in [0, 0.1) is 20.8 Å². The van der Waals surface area contributed by atoms with Crippen molar-refractivity contribution in [2.24, 2.45) is 0 Å². The molecule has 0 saturated carbocycles. The van der Waals surface area contributed by atoms with Crippen molar-refractivity contribution in [3.8, 4) is 0 Å². The van der Waals surface area contributed by atoms with E-state index in [0.29, 0.717) is 28.4 Å². The van der Waals surface area contributed by atoms with Gasteiger partial charge in [0.1, 0.15) is 0 Å². The summed E-state index contributed by atoms with van der Waals surface area (Å²) in [5.74, 6) is 0.691. The van der Waals surface area contributed by atoms with Gasteiger partial charge < -0.3 is 0 Å². The van der Waals surface area contributed by atoms with Crippen LogP contribution in [0.5, 0.6) is 0 Å². The van der Waals surface area contributed by atoms with Gasteiger partial charge >= 0.3 is 95.0 Å². The van der Waals surface area contributed by atoms with Crippen LogP contribution in [0.4, 0.5) is 0 Å².